The fourth-order valence-corrected chi connectivity index (χ4v) is 3.78. The Labute approximate surface area is 137 Å². The van der Waals surface area contributed by atoms with Crippen molar-refractivity contribution in [3.8, 4) is 0 Å². The van der Waals surface area contributed by atoms with Crippen LogP contribution >= 0.6 is 0 Å². The molecule has 0 aliphatic carbocycles. The lowest BCUT2D eigenvalue weighted by atomic mass is 9.89. The summed E-state index contributed by atoms with van der Waals surface area (Å²) in [4.78, 5) is 2.42. The highest BCUT2D eigenvalue weighted by Crippen LogP contribution is 2.27. The largest absolute Gasteiger partial charge is 0.376 e. The van der Waals surface area contributed by atoms with E-state index in [1.165, 1.54) is 5.56 Å². The lowest BCUT2D eigenvalue weighted by Crippen LogP contribution is -2.46. The Morgan fingerprint density at radius 2 is 1.83 bits per heavy atom. The van der Waals surface area contributed by atoms with E-state index in [1.807, 2.05) is 19.1 Å². The van der Waals surface area contributed by atoms with Gasteiger partial charge in [0, 0.05) is 25.5 Å². The highest BCUT2D eigenvalue weighted by Gasteiger charge is 2.32. The maximum absolute atomic E-state index is 13.8. The van der Waals surface area contributed by atoms with Gasteiger partial charge in [0.15, 0.2) is 0 Å². The van der Waals surface area contributed by atoms with Crippen LogP contribution in [-0.4, -0.2) is 43.4 Å². The molecule has 23 heavy (non-hydrogen) atoms. The fraction of sp³-hybridized carbons (Fsp3) is 0.684. The number of alkyl halides is 1. The third-order valence-corrected chi connectivity index (χ3v) is 5.47. The molecule has 3 unspecified atom stereocenters. The van der Waals surface area contributed by atoms with Crippen molar-refractivity contribution in [2.24, 2.45) is 11.8 Å². The molecule has 1 aromatic rings. The molecule has 128 valence electrons. The maximum Gasteiger partial charge on any atom is 0.123 e. The second-order valence-corrected chi connectivity index (χ2v) is 7.15. The predicted octanol–water partition coefficient (Wildman–Crippen LogP) is 3.84. The second kappa shape index (κ2) is 7.71. The number of likely N-dealkylation sites (tertiary alicyclic amines) is 1. The molecule has 4 heteroatoms. The van der Waals surface area contributed by atoms with E-state index < -0.39 is 6.17 Å². The van der Waals surface area contributed by atoms with Crippen molar-refractivity contribution >= 4 is 0 Å². The first-order valence-corrected chi connectivity index (χ1v) is 8.84. The van der Waals surface area contributed by atoms with Gasteiger partial charge in [-0.2, -0.15) is 0 Å². The van der Waals surface area contributed by atoms with Crippen LogP contribution in [0.15, 0.2) is 24.3 Å². The molecule has 0 radical (unpaired) electrons. The van der Waals surface area contributed by atoms with Gasteiger partial charge in [0.25, 0.3) is 0 Å². The number of hydrogen-bond donors (Lipinski definition) is 0. The third kappa shape index (κ3) is 4.51. The van der Waals surface area contributed by atoms with Crippen LogP contribution in [0.5, 0.6) is 0 Å². The molecule has 2 aliphatic heterocycles. The van der Waals surface area contributed by atoms with Crippen LogP contribution < -0.4 is 0 Å². The van der Waals surface area contributed by atoms with Crippen molar-refractivity contribution in [2.45, 2.75) is 44.9 Å². The molecule has 0 bridgehead atoms. The van der Waals surface area contributed by atoms with E-state index in [1.54, 1.807) is 12.1 Å². The molecule has 2 fully saturated rings. The molecule has 0 spiro atoms. The lowest BCUT2D eigenvalue weighted by molar-refractivity contribution is -0.0751. The summed E-state index contributed by atoms with van der Waals surface area (Å²) in [7, 11) is 0. The third-order valence-electron chi connectivity index (χ3n) is 5.47. The Bertz CT molecular complexity index is 485. The van der Waals surface area contributed by atoms with Crippen molar-refractivity contribution in [1.29, 1.82) is 0 Å². The molecule has 3 atom stereocenters. The van der Waals surface area contributed by atoms with Crippen LogP contribution in [0.1, 0.15) is 31.7 Å². The number of nitrogens with zero attached hydrogens (tertiary/aromatic N) is 1. The summed E-state index contributed by atoms with van der Waals surface area (Å²) in [5, 5.41) is 0. The van der Waals surface area contributed by atoms with Crippen LogP contribution in [0, 0.1) is 17.7 Å². The Morgan fingerprint density at radius 3 is 2.52 bits per heavy atom. The van der Waals surface area contributed by atoms with Crippen LogP contribution in [0.25, 0.3) is 0 Å². The molecule has 2 saturated heterocycles. The van der Waals surface area contributed by atoms with E-state index in [-0.39, 0.29) is 17.8 Å². The van der Waals surface area contributed by atoms with Gasteiger partial charge >= 0.3 is 0 Å². The first-order valence-electron chi connectivity index (χ1n) is 8.84. The van der Waals surface area contributed by atoms with Crippen molar-refractivity contribution in [3.63, 3.8) is 0 Å². The Morgan fingerprint density at radius 1 is 1.13 bits per heavy atom. The zero-order valence-corrected chi connectivity index (χ0v) is 13.9. The number of halogens is 2. The minimum absolute atomic E-state index is 0.000638. The molecular formula is C19H27F2NO. The van der Waals surface area contributed by atoms with Gasteiger partial charge in [-0.25, -0.2) is 8.78 Å². The molecule has 0 N–H and O–H groups in total. The van der Waals surface area contributed by atoms with Gasteiger partial charge in [0.1, 0.15) is 12.0 Å². The van der Waals surface area contributed by atoms with Gasteiger partial charge < -0.3 is 9.64 Å². The summed E-state index contributed by atoms with van der Waals surface area (Å²) in [5.74, 6) is 0.493. The van der Waals surface area contributed by atoms with Gasteiger partial charge in [-0.3, -0.25) is 0 Å². The summed E-state index contributed by atoms with van der Waals surface area (Å²) < 4.78 is 32.5. The normalized spacial score (nSPS) is 30.5. The zero-order chi connectivity index (χ0) is 16.2. The average Bonchev–Trinajstić information content (AvgIpc) is 2.56. The highest BCUT2D eigenvalue weighted by atomic mass is 19.1. The van der Waals surface area contributed by atoms with Gasteiger partial charge in [0.05, 0.1) is 6.10 Å². The van der Waals surface area contributed by atoms with E-state index in [9.17, 15) is 8.78 Å². The van der Waals surface area contributed by atoms with E-state index >= 15 is 0 Å². The molecule has 0 aromatic heterocycles. The van der Waals surface area contributed by atoms with E-state index in [2.05, 4.69) is 4.90 Å². The average molecular weight is 323 g/mol. The van der Waals surface area contributed by atoms with Crippen LogP contribution in [-0.2, 0) is 11.2 Å². The van der Waals surface area contributed by atoms with E-state index in [4.69, 9.17) is 4.74 Å². The second-order valence-electron chi connectivity index (χ2n) is 7.15. The SMILES string of the molecule is CC1C(F)CCOC1CN1CCC(Cc2ccc(F)cc2)CC1. The molecule has 2 nitrogen and oxygen atoms in total. The smallest absolute Gasteiger partial charge is 0.123 e. The quantitative estimate of drug-likeness (QED) is 0.835. The number of rotatable bonds is 4. The topological polar surface area (TPSA) is 12.5 Å². The number of benzene rings is 1. The summed E-state index contributed by atoms with van der Waals surface area (Å²) in [6.45, 7) is 5.47. The molecule has 3 rings (SSSR count). The summed E-state index contributed by atoms with van der Waals surface area (Å²) >= 11 is 0. The van der Waals surface area contributed by atoms with Gasteiger partial charge in [-0.1, -0.05) is 19.1 Å². The van der Waals surface area contributed by atoms with Crippen LogP contribution in [0.2, 0.25) is 0 Å². The Kier molecular flexibility index (Phi) is 5.65. The van der Waals surface area contributed by atoms with Gasteiger partial charge in [-0.15, -0.1) is 0 Å². The zero-order valence-electron chi connectivity index (χ0n) is 13.9. The molecular weight excluding hydrogens is 296 g/mol. The number of piperidine rings is 1. The van der Waals surface area contributed by atoms with Crippen molar-refractivity contribution < 1.29 is 13.5 Å². The summed E-state index contributed by atoms with van der Waals surface area (Å²) in [5.41, 5.74) is 1.22. The molecule has 1 aromatic carbocycles. The lowest BCUT2D eigenvalue weighted by Gasteiger charge is -2.38. The van der Waals surface area contributed by atoms with E-state index in [0.29, 0.717) is 18.9 Å². The van der Waals surface area contributed by atoms with Crippen molar-refractivity contribution in [1.82, 2.24) is 4.90 Å². The Balaban J connectivity index is 1.44. The molecule has 0 saturated carbocycles. The van der Waals surface area contributed by atoms with Crippen molar-refractivity contribution in [2.75, 3.05) is 26.2 Å². The first kappa shape index (κ1) is 16.8. The molecule has 2 aliphatic rings. The molecule has 0 amide bonds. The minimum atomic E-state index is -0.718. The fourth-order valence-electron chi connectivity index (χ4n) is 3.78. The number of hydrogen-bond acceptors (Lipinski definition) is 2. The van der Waals surface area contributed by atoms with Gasteiger partial charge in [0.2, 0.25) is 0 Å². The molecule has 2 heterocycles. The highest BCUT2D eigenvalue weighted by molar-refractivity contribution is 5.16. The van der Waals surface area contributed by atoms with Crippen molar-refractivity contribution in [3.05, 3.63) is 35.6 Å². The maximum atomic E-state index is 13.8. The summed E-state index contributed by atoms with van der Waals surface area (Å²) in [6, 6.07) is 6.86. The van der Waals surface area contributed by atoms with Crippen LogP contribution in [0.3, 0.4) is 0 Å². The monoisotopic (exact) mass is 323 g/mol. The standard InChI is InChI=1S/C19H27F2NO/c1-14-18(21)8-11-23-19(14)13-22-9-6-16(7-10-22)12-15-2-4-17(20)5-3-15/h2-5,14,16,18-19H,6-13H2,1H3. The van der Waals surface area contributed by atoms with E-state index in [0.717, 1.165) is 38.9 Å². The number of ether oxygens (including phenoxy) is 1. The minimum Gasteiger partial charge on any atom is -0.376 e. The predicted molar refractivity (Wildman–Crippen MR) is 87.7 cm³/mol. The van der Waals surface area contributed by atoms with Gasteiger partial charge in [-0.05, 0) is 56.0 Å². The first-order chi connectivity index (χ1) is 11.1. The Hall–Kier alpha value is -1.00. The van der Waals surface area contributed by atoms with Crippen LogP contribution in [0.4, 0.5) is 8.78 Å². The summed E-state index contributed by atoms with van der Waals surface area (Å²) in [6.07, 6.45) is 3.18.